The largest absolute Gasteiger partial charge is 0.493 e. The Morgan fingerprint density at radius 1 is 0.885 bits per heavy atom. The zero-order chi connectivity index (χ0) is 18.7. The van der Waals surface area contributed by atoms with Crippen LogP contribution in [0, 0.1) is 0 Å². The van der Waals surface area contributed by atoms with Crippen molar-refractivity contribution in [1.29, 1.82) is 0 Å². The van der Waals surface area contributed by atoms with Crippen LogP contribution < -0.4 is 14.2 Å². The quantitative estimate of drug-likeness (QED) is 0.449. The summed E-state index contributed by atoms with van der Waals surface area (Å²) in [6, 6.07) is 11.5. The van der Waals surface area contributed by atoms with Crippen LogP contribution in [0.1, 0.15) is 27.1 Å². The highest BCUT2D eigenvalue weighted by Gasteiger charge is 2.35. The van der Waals surface area contributed by atoms with E-state index in [1.54, 1.807) is 42.5 Å². The Labute approximate surface area is 150 Å². The maximum Gasteiger partial charge on any atom is 0.313 e. The second kappa shape index (κ2) is 7.26. The minimum Gasteiger partial charge on any atom is -0.493 e. The first kappa shape index (κ1) is 17.5. The predicted molar refractivity (Wildman–Crippen MR) is 91.6 cm³/mol. The smallest absolute Gasteiger partial charge is 0.313 e. The zero-order valence-electron chi connectivity index (χ0n) is 14.4. The molecule has 0 aliphatic carbocycles. The molecule has 0 saturated heterocycles. The number of ether oxygens (including phenoxy) is 3. The van der Waals surface area contributed by atoms with E-state index in [1.165, 1.54) is 14.2 Å². The molecule has 0 aromatic heterocycles. The Bertz CT molecular complexity index is 819. The highest BCUT2D eigenvalue weighted by atomic mass is 16.6. The molecule has 3 rings (SSSR count). The summed E-state index contributed by atoms with van der Waals surface area (Å²) in [7, 11) is 2.90. The standard InChI is InChI=1S/C19H17NO6/c1-24-14-8-5-9-15(25-2)17(14)26-16(21)10-11-20-18(22)12-6-3-4-7-13(12)19(20)23/h3-9H,10-11H2,1-2H3. The minimum atomic E-state index is -0.607. The molecule has 2 aromatic rings. The van der Waals surface area contributed by atoms with Crippen LogP contribution in [0.25, 0.3) is 0 Å². The van der Waals surface area contributed by atoms with Crippen LogP contribution in [0.4, 0.5) is 0 Å². The van der Waals surface area contributed by atoms with Crippen LogP contribution in [0.3, 0.4) is 0 Å². The van der Waals surface area contributed by atoms with Gasteiger partial charge in [-0.15, -0.1) is 0 Å². The van der Waals surface area contributed by atoms with Crippen LogP contribution in [0.5, 0.6) is 17.2 Å². The van der Waals surface area contributed by atoms with Crippen LogP contribution in [-0.2, 0) is 4.79 Å². The van der Waals surface area contributed by atoms with E-state index < -0.39 is 17.8 Å². The molecule has 2 amide bonds. The van der Waals surface area contributed by atoms with Gasteiger partial charge in [0.2, 0.25) is 5.75 Å². The average Bonchev–Trinajstić information content (AvgIpc) is 2.91. The van der Waals surface area contributed by atoms with E-state index in [4.69, 9.17) is 14.2 Å². The number of fused-ring (bicyclic) bond motifs is 1. The van der Waals surface area contributed by atoms with Gasteiger partial charge in [-0.25, -0.2) is 0 Å². The molecule has 7 heteroatoms. The summed E-state index contributed by atoms with van der Waals surface area (Å²) in [6.07, 6.45) is -0.146. The van der Waals surface area contributed by atoms with E-state index in [0.717, 1.165) is 4.90 Å². The Hall–Kier alpha value is -3.35. The highest BCUT2D eigenvalue weighted by molar-refractivity contribution is 6.21. The molecule has 7 nitrogen and oxygen atoms in total. The molecule has 0 fully saturated rings. The van der Waals surface area contributed by atoms with Crippen molar-refractivity contribution in [2.45, 2.75) is 6.42 Å². The normalized spacial score (nSPS) is 12.8. The van der Waals surface area contributed by atoms with Crippen LogP contribution in [-0.4, -0.2) is 43.4 Å². The molecule has 0 saturated carbocycles. The molecule has 1 aliphatic rings. The van der Waals surface area contributed by atoms with Gasteiger partial charge >= 0.3 is 5.97 Å². The summed E-state index contributed by atoms with van der Waals surface area (Å²) < 4.78 is 15.7. The summed E-state index contributed by atoms with van der Waals surface area (Å²) in [5, 5.41) is 0. The molecule has 0 bridgehead atoms. The lowest BCUT2D eigenvalue weighted by atomic mass is 10.1. The first-order valence-corrected chi connectivity index (χ1v) is 7.93. The van der Waals surface area contributed by atoms with Gasteiger partial charge in [0.1, 0.15) is 0 Å². The average molecular weight is 355 g/mol. The van der Waals surface area contributed by atoms with E-state index in [9.17, 15) is 14.4 Å². The number of carbonyl (C=O) groups excluding carboxylic acids is 3. The van der Waals surface area contributed by atoms with Gasteiger partial charge < -0.3 is 14.2 Å². The molecule has 26 heavy (non-hydrogen) atoms. The van der Waals surface area contributed by atoms with Crippen LogP contribution >= 0.6 is 0 Å². The van der Waals surface area contributed by atoms with Crippen molar-refractivity contribution in [3.8, 4) is 17.2 Å². The predicted octanol–water partition coefficient (Wildman–Crippen LogP) is 2.30. The molecule has 1 heterocycles. The lowest BCUT2D eigenvalue weighted by molar-refractivity contribution is -0.134. The molecule has 0 atom stereocenters. The Kier molecular flexibility index (Phi) is 4.88. The zero-order valence-corrected chi connectivity index (χ0v) is 14.4. The molecule has 1 aliphatic heterocycles. The Morgan fingerprint density at radius 3 is 1.92 bits per heavy atom. The molecular formula is C19H17NO6. The second-order valence-electron chi connectivity index (χ2n) is 5.52. The monoisotopic (exact) mass is 355 g/mol. The fourth-order valence-corrected chi connectivity index (χ4v) is 2.73. The number of nitrogens with zero attached hydrogens (tertiary/aromatic N) is 1. The number of hydrogen-bond donors (Lipinski definition) is 0. The van der Waals surface area contributed by atoms with Gasteiger partial charge in [-0.1, -0.05) is 18.2 Å². The highest BCUT2D eigenvalue weighted by Crippen LogP contribution is 2.37. The Morgan fingerprint density at radius 2 is 1.42 bits per heavy atom. The number of para-hydroxylation sites is 1. The maximum absolute atomic E-state index is 12.3. The summed E-state index contributed by atoms with van der Waals surface area (Å²) in [5.74, 6) is -0.576. The van der Waals surface area contributed by atoms with Crippen molar-refractivity contribution in [2.24, 2.45) is 0 Å². The molecule has 0 radical (unpaired) electrons. The van der Waals surface area contributed by atoms with Crippen molar-refractivity contribution in [2.75, 3.05) is 20.8 Å². The summed E-state index contributed by atoms with van der Waals surface area (Å²) >= 11 is 0. The number of carbonyl (C=O) groups is 3. The van der Waals surface area contributed by atoms with Crippen molar-refractivity contribution < 1.29 is 28.6 Å². The fraction of sp³-hybridized carbons (Fsp3) is 0.211. The summed E-state index contributed by atoms with van der Waals surface area (Å²) in [4.78, 5) is 37.8. The van der Waals surface area contributed by atoms with Gasteiger partial charge in [0.25, 0.3) is 11.8 Å². The maximum atomic E-state index is 12.3. The molecule has 2 aromatic carbocycles. The van der Waals surface area contributed by atoms with E-state index in [1.807, 2.05) is 0 Å². The molecule has 0 spiro atoms. The van der Waals surface area contributed by atoms with E-state index in [2.05, 4.69) is 0 Å². The van der Waals surface area contributed by atoms with Crippen molar-refractivity contribution in [1.82, 2.24) is 4.90 Å². The van der Waals surface area contributed by atoms with Gasteiger partial charge in [-0.2, -0.15) is 0 Å². The number of benzene rings is 2. The topological polar surface area (TPSA) is 82.1 Å². The SMILES string of the molecule is COc1cccc(OC)c1OC(=O)CCN1C(=O)c2ccccc2C1=O. The summed E-state index contributed by atoms with van der Waals surface area (Å²) in [5.41, 5.74) is 0.689. The van der Waals surface area contributed by atoms with Gasteiger partial charge in [-0.3, -0.25) is 19.3 Å². The third-order valence-corrected chi connectivity index (χ3v) is 4.02. The minimum absolute atomic E-state index is 0.0668. The number of rotatable bonds is 6. The van der Waals surface area contributed by atoms with E-state index >= 15 is 0 Å². The van der Waals surface area contributed by atoms with E-state index in [0.29, 0.717) is 22.6 Å². The van der Waals surface area contributed by atoms with Gasteiger partial charge in [0.15, 0.2) is 11.5 Å². The number of hydrogen-bond acceptors (Lipinski definition) is 6. The lowest BCUT2D eigenvalue weighted by Gasteiger charge is -2.15. The lowest BCUT2D eigenvalue weighted by Crippen LogP contribution is -2.32. The molecule has 134 valence electrons. The summed E-state index contributed by atoms with van der Waals surface area (Å²) in [6.45, 7) is -0.0668. The molecular weight excluding hydrogens is 338 g/mol. The second-order valence-corrected chi connectivity index (χ2v) is 5.52. The van der Waals surface area contributed by atoms with Crippen molar-refractivity contribution >= 4 is 17.8 Å². The van der Waals surface area contributed by atoms with Crippen molar-refractivity contribution in [3.05, 3.63) is 53.6 Å². The first-order chi connectivity index (χ1) is 12.6. The van der Waals surface area contributed by atoms with Gasteiger partial charge in [0, 0.05) is 6.54 Å². The molecule has 0 N–H and O–H groups in total. The van der Waals surface area contributed by atoms with Crippen LogP contribution in [0.15, 0.2) is 42.5 Å². The fourth-order valence-electron chi connectivity index (χ4n) is 2.73. The number of imide groups is 1. The first-order valence-electron chi connectivity index (χ1n) is 7.93. The number of amides is 2. The Balaban J connectivity index is 1.68. The van der Waals surface area contributed by atoms with Gasteiger partial charge in [-0.05, 0) is 24.3 Å². The van der Waals surface area contributed by atoms with E-state index in [-0.39, 0.29) is 18.7 Å². The molecule has 0 unspecified atom stereocenters. The van der Waals surface area contributed by atoms with Crippen LogP contribution in [0.2, 0.25) is 0 Å². The third kappa shape index (κ3) is 3.11. The van der Waals surface area contributed by atoms with Crippen molar-refractivity contribution in [3.63, 3.8) is 0 Å². The number of methoxy groups -OCH3 is 2. The van der Waals surface area contributed by atoms with Gasteiger partial charge in [0.05, 0.1) is 31.8 Å². The third-order valence-electron chi connectivity index (χ3n) is 4.02. The number of esters is 1.